The molecule has 5 rings (SSSR count). The van der Waals surface area contributed by atoms with Crippen LogP contribution in [0.5, 0.6) is 0 Å². The average Bonchev–Trinajstić information content (AvgIpc) is 3.72. The number of nitrogens with zero attached hydrogens (tertiary/aromatic N) is 1. The van der Waals surface area contributed by atoms with Gasteiger partial charge in [-0.1, -0.05) is 96.7 Å². The number of pyridine rings is 1. The first kappa shape index (κ1) is 32.6. The molecule has 4 aromatic rings. The number of hydrogen-bond donors (Lipinski definition) is 1. The third-order valence-corrected chi connectivity index (χ3v) is 10.2. The summed E-state index contributed by atoms with van der Waals surface area (Å²) in [5.41, 5.74) is 3.50. The molecular formula is C38H44N2O4S. The number of ether oxygens (including phenoxy) is 1. The Morgan fingerprint density at radius 1 is 0.956 bits per heavy atom. The molecule has 7 heteroatoms. The van der Waals surface area contributed by atoms with Crippen molar-refractivity contribution in [3.05, 3.63) is 98.5 Å². The van der Waals surface area contributed by atoms with Crippen LogP contribution in [0.4, 0.5) is 0 Å². The van der Waals surface area contributed by atoms with Gasteiger partial charge in [0.05, 0.1) is 7.11 Å². The monoisotopic (exact) mass is 624 g/mol. The predicted molar refractivity (Wildman–Crippen MR) is 181 cm³/mol. The minimum atomic E-state index is -0.832. The summed E-state index contributed by atoms with van der Waals surface area (Å²) in [6.07, 6.45) is 5.73. The fourth-order valence-electron chi connectivity index (χ4n) is 6.09. The van der Waals surface area contributed by atoms with E-state index in [1.807, 2.05) is 48.5 Å². The highest BCUT2D eigenvalue weighted by Gasteiger charge is 2.26. The molecule has 1 unspecified atom stereocenters. The van der Waals surface area contributed by atoms with Crippen LogP contribution in [0.2, 0.25) is 0 Å². The van der Waals surface area contributed by atoms with Crippen LogP contribution in [0.3, 0.4) is 0 Å². The number of benzene rings is 2. The second-order valence-corrected chi connectivity index (χ2v) is 14.8. The zero-order valence-electron chi connectivity index (χ0n) is 27.2. The van der Waals surface area contributed by atoms with Crippen LogP contribution in [0.1, 0.15) is 114 Å². The smallest absolute Gasteiger partial charge is 0.328 e. The van der Waals surface area contributed by atoms with Gasteiger partial charge in [-0.25, -0.2) is 9.78 Å². The lowest BCUT2D eigenvalue weighted by molar-refractivity contribution is -0.142. The summed E-state index contributed by atoms with van der Waals surface area (Å²) in [5, 5.41) is 4.63. The number of hydrogen-bond acceptors (Lipinski definition) is 6. The summed E-state index contributed by atoms with van der Waals surface area (Å²) >= 11 is 1.64. The van der Waals surface area contributed by atoms with Crippen molar-refractivity contribution >= 4 is 39.8 Å². The first-order valence-corrected chi connectivity index (χ1v) is 16.8. The quantitative estimate of drug-likeness (QED) is 0.142. The van der Waals surface area contributed by atoms with E-state index in [0.29, 0.717) is 29.4 Å². The molecule has 1 aliphatic carbocycles. The average molecular weight is 625 g/mol. The van der Waals surface area contributed by atoms with E-state index in [9.17, 15) is 14.4 Å². The third-order valence-electron chi connectivity index (χ3n) is 8.82. The summed E-state index contributed by atoms with van der Waals surface area (Å²) in [6.45, 7) is 10.7. The molecule has 2 aromatic carbocycles. The van der Waals surface area contributed by atoms with Gasteiger partial charge in [0.15, 0.2) is 5.78 Å². The fraction of sp³-hybridized carbons (Fsp3) is 0.421. The maximum Gasteiger partial charge on any atom is 0.328 e. The van der Waals surface area contributed by atoms with E-state index in [2.05, 4.69) is 46.0 Å². The molecule has 0 spiro atoms. The Morgan fingerprint density at radius 3 is 2.27 bits per heavy atom. The van der Waals surface area contributed by atoms with E-state index >= 15 is 0 Å². The van der Waals surface area contributed by atoms with Gasteiger partial charge in [-0.2, -0.15) is 0 Å². The fourth-order valence-corrected chi connectivity index (χ4v) is 7.15. The minimum Gasteiger partial charge on any atom is -0.467 e. The van der Waals surface area contributed by atoms with Gasteiger partial charge in [-0.05, 0) is 58.9 Å². The summed E-state index contributed by atoms with van der Waals surface area (Å²) in [5.74, 6) is -0.0748. The van der Waals surface area contributed by atoms with E-state index < -0.39 is 17.9 Å². The van der Waals surface area contributed by atoms with Crippen LogP contribution in [-0.2, 0) is 27.8 Å². The van der Waals surface area contributed by atoms with Gasteiger partial charge >= 0.3 is 5.97 Å². The molecule has 0 radical (unpaired) electrons. The number of rotatable bonds is 10. The van der Waals surface area contributed by atoms with E-state index in [4.69, 9.17) is 9.72 Å². The number of amides is 1. The topological polar surface area (TPSA) is 85.4 Å². The van der Waals surface area contributed by atoms with Crippen LogP contribution in [-0.4, -0.2) is 35.8 Å². The van der Waals surface area contributed by atoms with Crippen molar-refractivity contribution in [3.8, 4) is 0 Å². The molecule has 0 bridgehead atoms. The molecule has 0 aliphatic heterocycles. The van der Waals surface area contributed by atoms with Crippen molar-refractivity contribution in [2.24, 2.45) is 5.92 Å². The van der Waals surface area contributed by atoms with Crippen molar-refractivity contribution in [2.45, 2.75) is 90.5 Å². The highest BCUT2D eigenvalue weighted by molar-refractivity contribution is 7.12. The van der Waals surface area contributed by atoms with Gasteiger partial charge in [0.1, 0.15) is 11.7 Å². The van der Waals surface area contributed by atoms with E-state index in [-0.39, 0.29) is 16.9 Å². The highest BCUT2D eigenvalue weighted by atomic mass is 32.1. The second-order valence-electron chi connectivity index (χ2n) is 13.6. The third kappa shape index (κ3) is 7.70. The number of aromatic nitrogens is 1. The molecule has 6 nitrogen and oxygen atoms in total. The van der Waals surface area contributed by atoms with Crippen molar-refractivity contribution < 1.29 is 19.1 Å². The van der Waals surface area contributed by atoms with E-state index in [1.165, 1.54) is 30.4 Å². The Bertz CT molecular complexity index is 1690. The molecule has 1 N–H and O–H groups in total. The Morgan fingerprint density at radius 2 is 1.64 bits per heavy atom. The zero-order chi connectivity index (χ0) is 32.3. The number of carbonyl (C=O) groups excluding carboxylic acids is 3. The number of ketones is 1. The van der Waals surface area contributed by atoms with Gasteiger partial charge in [0.2, 0.25) is 0 Å². The first-order chi connectivity index (χ1) is 21.4. The number of esters is 1. The van der Waals surface area contributed by atoms with Gasteiger partial charge < -0.3 is 10.1 Å². The SMILES string of the molecule is COC(=O)C(Cc1ccc(C(C)C)s1)NC(=O)c1cc2ccc(C(=O)c3ccc(C(C)(C)C)cc3)cc2c(CC2CCCC2)n1. The molecule has 0 saturated heterocycles. The largest absolute Gasteiger partial charge is 0.467 e. The Hall–Kier alpha value is -3.84. The molecule has 1 amide bonds. The maximum absolute atomic E-state index is 13.6. The molecule has 236 valence electrons. The van der Waals surface area contributed by atoms with Gasteiger partial charge in [0.25, 0.3) is 5.91 Å². The molecule has 2 heterocycles. The normalized spacial score (nSPS) is 14.6. The molecule has 1 saturated carbocycles. The molecule has 2 aromatic heterocycles. The molecule has 1 aliphatic rings. The summed E-state index contributed by atoms with van der Waals surface area (Å²) in [4.78, 5) is 47.0. The maximum atomic E-state index is 13.6. The number of nitrogens with one attached hydrogen (secondary N) is 1. The number of fused-ring (bicyclic) bond motifs is 1. The van der Waals surface area contributed by atoms with E-state index in [0.717, 1.165) is 40.6 Å². The first-order valence-electron chi connectivity index (χ1n) is 16.0. The van der Waals surface area contributed by atoms with Crippen molar-refractivity contribution in [1.29, 1.82) is 0 Å². The molecule has 1 atom stereocenters. The minimum absolute atomic E-state index is 0.00739. The van der Waals surface area contributed by atoms with Crippen LogP contribution in [0.15, 0.2) is 60.7 Å². The second kappa shape index (κ2) is 13.7. The molecule has 45 heavy (non-hydrogen) atoms. The van der Waals surface area contributed by atoms with Crippen LogP contribution in [0, 0.1) is 5.92 Å². The number of thiophene rings is 1. The standard InChI is InChI=1S/C38H44N2O4S/c1-23(2)34-18-17-29(45-34)22-33(37(43)44-6)40-36(42)32-21-26-11-12-27(20-30(26)31(39-32)19-24-9-7-8-10-24)35(41)25-13-15-28(16-14-25)38(3,4)5/h11-18,20-21,23-24,33H,7-10,19,22H2,1-6H3,(H,40,42). The van der Waals surface area contributed by atoms with E-state index in [1.54, 1.807) is 17.4 Å². The summed E-state index contributed by atoms with van der Waals surface area (Å²) < 4.78 is 5.05. The lowest BCUT2D eigenvalue weighted by Gasteiger charge is -2.19. The Kier molecular flexibility index (Phi) is 9.88. The zero-order valence-corrected chi connectivity index (χ0v) is 28.1. The van der Waals surface area contributed by atoms with Gasteiger partial charge in [0, 0.05) is 38.4 Å². The van der Waals surface area contributed by atoms with Crippen molar-refractivity contribution in [2.75, 3.05) is 7.11 Å². The lowest BCUT2D eigenvalue weighted by Crippen LogP contribution is -2.43. The van der Waals surface area contributed by atoms with Crippen LogP contribution < -0.4 is 5.32 Å². The van der Waals surface area contributed by atoms with Crippen molar-refractivity contribution in [3.63, 3.8) is 0 Å². The Labute approximate surface area is 270 Å². The summed E-state index contributed by atoms with van der Waals surface area (Å²) in [7, 11) is 1.33. The van der Waals surface area contributed by atoms with Crippen molar-refractivity contribution in [1.82, 2.24) is 10.3 Å². The van der Waals surface area contributed by atoms with Gasteiger partial charge in [-0.15, -0.1) is 11.3 Å². The number of carbonyl (C=O) groups is 3. The predicted octanol–water partition coefficient (Wildman–Crippen LogP) is 8.20. The number of methoxy groups -OCH3 is 1. The van der Waals surface area contributed by atoms with Gasteiger partial charge in [-0.3, -0.25) is 9.59 Å². The van der Waals surface area contributed by atoms with Crippen LogP contribution >= 0.6 is 11.3 Å². The molecular weight excluding hydrogens is 580 g/mol. The summed E-state index contributed by atoms with van der Waals surface area (Å²) in [6, 6.07) is 18.5. The van der Waals surface area contributed by atoms with Crippen LogP contribution in [0.25, 0.3) is 10.8 Å². The Balaban J connectivity index is 1.45. The lowest BCUT2D eigenvalue weighted by atomic mass is 9.86. The molecule has 1 fully saturated rings. The highest BCUT2D eigenvalue weighted by Crippen LogP contribution is 2.32.